The number of nitrogens with one attached hydrogen (secondary N) is 2. The smallest absolute Gasteiger partial charge is 0.257 e. The average molecular weight is 425 g/mol. The fourth-order valence-corrected chi connectivity index (χ4v) is 3.11. The largest absolute Gasteiger partial charge is 0.494 e. The van der Waals surface area contributed by atoms with Gasteiger partial charge in [0.2, 0.25) is 0 Å². The van der Waals surface area contributed by atoms with Crippen molar-refractivity contribution in [2.24, 2.45) is 0 Å². The van der Waals surface area contributed by atoms with E-state index in [4.69, 9.17) is 40.2 Å². The minimum atomic E-state index is -0.385. The number of thiocarbonyl (C=S) groups is 1. The normalized spacial score (nSPS) is 10.3. The van der Waals surface area contributed by atoms with Crippen LogP contribution in [-0.2, 0) is 0 Å². The van der Waals surface area contributed by atoms with Gasteiger partial charge in [0.15, 0.2) is 5.11 Å². The second-order valence-electron chi connectivity index (χ2n) is 6.00. The lowest BCUT2D eigenvalue weighted by Gasteiger charge is -2.11. The van der Waals surface area contributed by atoms with Crippen LogP contribution in [0.5, 0.6) is 5.75 Å². The highest BCUT2D eigenvalue weighted by atomic mass is 35.5. The van der Waals surface area contributed by atoms with Crippen LogP contribution in [0.25, 0.3) is 0 Å². The molecule has 0 bridgehead atoms. The van der Waals surface area contributed by atoms with Gasteiger partial charge in [-0.3, -0.25) is 10.1 Å². The summed E-state index contributed by atoms with van der Waals surface area (Å²) >= 11 is 17.0. The molecule has 4 nitrogen and oxygen atoms in total. The highest BCUT2D eigenvalue weighted by molar-refractivity contribution is 7.80. The molecule has 0 atom stereocenters. The Bertz CT molecular complexity index is 762. The van der Waals surface area contributed by atoms with Crippen LogP contribution in [0.1, 0.15) is 43.0 Å². The molecule has 0 heterocycles. The molecule has 144 valence electrons. The molecule has 27 heavy (non-hydrogen) atoms. The molecular formula is C20H22Cl2N2O2S. The topological polar surface area (TPSA) is 50.4 Å². The molecule has 2 aromatic rings. The van der Waals surface area contributed by atoms with E-state index in [0.29, 0.717) is 22.2 Å². The summed E-state index contributed by atoms with van der Waals surface area (Å²) in [5, 5.41) is 6.52. The highest BCUT2D eigenvalue weighted by Gasteiger charge is 2.10. The van der Waals surface area contributed by atoms with Crippen molar-refractivity contribution in [3.63, 3.8) is 0 Å². The van der Waals surface area contributed by atoms with Crippen molar-refractivity contribution < 1.29 is 9.53 Å². The summed E-state index contributed by atoms with van der Waals surface area (Å²) < 4.78 is 5.70. The summed E-state index contributed by atoms with van der Waals surface area (Å²) in [5.41, 5.74) is 1.09. The molecule has 0 fully saturated rings. The second kappa shape index (κ2) is 11.1. The number of rotatable bonds is 8. The van der Waals surface area contributed by atoms with Gasteiger partial charge in [0.1, 0.15) is 5.75 Å². The van der Waals surface area contributed by atoms with Crippen LogP contribution in [0.3, 0.4) is 0 Å². The first-order valence-electron chi connectivity index (χ1n) is 8.79. The lowest BCUT2D eigenvalue weighted by Crippen LogP contribution is -2.34. The molecule has 0 aliphatic carbocycles. The van der Waals surface area contributed by atoms with Gasteiger partial charge in [0.25, 0.3) is 5.91 Å². The molecule has 2 N–H and O–H groups in total. The Balaban J connectivity index is 1.82. The first-order chi connectivity index (χ1) is 13.0. The van der Waals surface area contributed by atoms with E-state index in [1.54, 1.807) is 6.07 Å². The molecule has 0 saturated heterocycles. The van der Waals surface area contributed by atoms with Crippen molar-refractivity contribution in [3.05, 3.63) is 58.1 Å². The molecule has 0 unspecified atom stereocenters. The molecule has 7 heteroatoms. The maximum atomic E-state index is 12.2. The number of unbranched alkanes of at least 4 members (excludes halogenated alkanes) is 3. The van der Waals surface area contributed by atoms with E-state index in [2.05, 4.69) is 17.6 Å². The number of anilines is 1. The summed E-state index contributed by atoms with van der Waals surface area (Å²) in [4.78, 5) is 12.2. The Hall–Kier alpha value is -1.82. The van der Waals surface area contributed by atoms with Crippen LogP contribution in [0.4, 0.5) is 5.69 Å². The lowest BCUT2D eigenvalue weighted by atomic mass is 10.2. The molecule has 0 aromatic heterocycles. The molecule has 0 aliphatic heterocycles. The Kier molecular flexibility index (Phi) is 8.85. The fraction of sp³-hybridized carbons (Fsp3) is 0.300. The van der Waals surface area contributed by atoms with Crippen molar-refractivity contribution in [3.8, 4) is 5.75 Å². The van der Waals surface area contributed by atoms with Gasteiger partial charge in [-0.05, 0) is 61.1 Å². The fourth-order valence-electron chi connectivity index (χ4n) is 2.38. The number of carbonyl (C=O) groups is 1. The van der Waals surface area contributed by atoms with E-state index in [1.165, 1.54) is 31.4 Å². The van der Waals surface area contributed by atoms with Gasteiger partial charge < -0.3 is 10.1 Å². The monoisotopic (exact) mass is 424 g/mol. The van der Waals surface area contributed by atoms with Crippen molar-refractivity contribution in [1.29, 1.82) is 0 Å². The van der Waals surface area contributed by atoms with E-state index < -0.39 is 0 Å². The summed E-state index contributed by atoms with van der Waals surface area (Å²) in [7, 11) is 0. The third-order valence-electron chi connectivity index (χ3n) is 3.73. The van der Waals surface area contributed by atoms with Gasteiger partial charge in [0, 0.05) is 21.3 Å². The van der Waals surface area contributed by atoms with E-state index in [-0.39, 0.29) is 11.0 Å². The van der Waals surface area contributed by atoms with E-state index >= 15 is 0 Å². The zero-order chi connectivity index (χ0) is 19.6. The minimum absolute atomic E-state index is 0.185. The standard InChI is InChI=1S/C20H22Cl2N2O2S/c1-2-3-4-5-10-26-18-8-6-17(7-9-18)23-20(27)24-19(25)14-11-15(21)13-16(22)12-14/h6-9,11-13H,2-5,10H2,1H3,(H2,23,24,25,27). The molecule has 2 aromatic carbocycles. The number of carbonyl (C=O) groups excluding carboxylic acids is 1. The van der Waals surface area contributed by atoms with Crippen LogP contribution < -0.4 is 15.4 Å². The maximum Gasteiger partial charge on any atom is 0.257 e. The van der Waals surface area contributed by atoms with Gasteiger partial charge in [-0.1, -0.05) is 49.4 Å². The maximum absolute atomic E-state index is 12.2. The first-order valence-corrected chi connectivity index (χ1v) is 9.95. The number of halogens is 2. The van der Waals surface area contributed by atoms with Crippen LogP contribution in [0.15, 0.2) is 42.5 Å². The van der Waals surface area contributed by atoms with Gasteiger partial charge in [-0.15, -0.1) is 0 Å². The Morgan fingerprint density at radius 2 is 1.70 bits per heavy atom. The Labute approximate surface area is 175 Å². The van der Waals surface area contributed by atoms with E-state index in [9.17, 15) is 4.79 Å². The minimum Gasteiger partial charge on any atom is -0.494 e. The lowest BCUT2D eigenvalue weighted by molar-refractivity contribution is 0.0977. The van der Waals surface area contributed by atoms with Crippen molar-refractivity contribution in [2.45, 2.75) is 32.6 Å². The number of hydrogen-bond donors (Lipinski definition) is 2. The SMILES string of the molecule is CCCCCCOc1ccc(NC(=S)NC(=O)c2cc(Cl)cc(Cl)c2)cc1. The zero-order valence-corrected chi connectivity index (χ0v) is 17.4. The molecule has 0 aliphatic rings. The molecule has 1 amide bonds. The molecule has 2 rings (SSSR count). The van der Waals surface area contributed by atoms with E-state index in [1.807, 2.05) is 24.3 Å². The summed E-state index contributed by atoms with van der Waals surface area (Å²) in [6.07, 6.45) is 4.68. The van der Waals surface area contributed by atoms with Gasteiger partial charge in [-0.2, -0.15) is 0 Å². The number of ether oxygens (including phenoxy) is 1. The van der Waals surface area contributed by atoms with Gasteiger partial charge in [-0.25, -0.2) is 0 Å². The van der Waals surface area contributed by atoms with Crippen molar-refractivity contribution in [2.75, 3.05) is 11.9 Å². The summed E-state index contributed by atoms with van der Waals surface area (Å²) in [5.74, 6) is 0.421. The highest BCUT2D eigenvalue weighted by Crippen LogP contribution is 2.19. The van der Waals surface area contributed by atoms with Crippen LogP contribution in [-0.4, -0.2) is 17.6 Å². The Morgan fingerprint density at radius 1 is 1.04 bits per heavy atom. The second-order valence-corrected chi connectivity index (χ2v) is 7.28. The predicted molar refractivity (Wildman–Crippen MR) is 116 cm³/mol. The molecular weight excluding hydrogens is 403 g/mol. The number of benzene rings is 2. The third-order valence-corrected chi connectivity index (χ3v) is 4.37. The number of hydrogen-bond acceptors (Lipinski definition) is 3. The quantitative estimate of drug-likeness (QED) is 0.398. The predicted octanol–water partition coefficient (Wildman–Crippen LogP) is 6.08. The number of amides is 1. The van der Waals surface area contributed by atoms with E-state index in [0.717, 1.165) is 17.9 Å². The van der Waals surface area contributed by atoms with Crippen LogP contribution >= 0.6 is 35.4 Å². The third kappa shape index (κ3) is 7.75. The Morgan fingerprint density at radius 3 is 2.33 bits per heavy atom. The van der Waals surface area contributed by atoms with Crippen molar-refractivity contribution in [1.82, 2.24) is 5.32 Å². The zero-order valence-electron chi connectivity index (χ0n) is 15.1. The summed E-state index contributed by atoms with van der Waals surface area (Å²) in [6.45, 7) is 2.90. The summed E-state index contributed by atoms with van der Waals surface area (Å²) in [6, 6.07) is 12.0. The molecule has 0 saturated carbocycles. The van der Waals surface area contributed by atoms with Crippen LogP contribution in [0.2, 0.25) is 10.0 Å². The van der Waals surface area contributed by atoms with Crippen molar-refractivity contribution >= 4 is 52.1 Å². The van der Waals surface area contributed by atoms with Gasteiger partial charge >= 0.3 is 0 Å². The first kappa shape index (κ1) is 21.5. The van der Waals surface area contributed by atoms with Crippen LogP contribution in [0, 0.1) is 0 Å². The molecule has 0 radical (unpaired) electrons. The van der Waals surface area contributed by atoms with Gasteiger partial charge in [0.05, 0.1) is 6.61 Å². The average Bonchev–Trinajstić information content (AvgIpc) is 2.62. The molecule has 0 spiro atoms.